The molecule has 100 valence electrons. The largest absolute Gasteiger partial charge is 0.481 e. The Morgan fingerprint density at radius 3 is 2.85 bits per heavy atom. The van der Waals surface area contributed by atoms with Crippen LogP contribution in [-0.2, 0) is 4.79 Å². The quantitative estimate of drug-likeness (QED) is 0.851. The third kappa shape index (κ3) is 2.28. The van der Waals surface area contributed by atoms with Crippen molar-refractivity contribution in [2.45, 2.75) is 0 Å². The molecule has 0 radical (unpaired) electrons. The first-order chi connectivity index (χ1) is 9.74. The molecule has 3 rings (SSSR count). The molecule has 0 atom stereocenters. The summed E-state index contributed by atoms with van der Waals surface area (Å²) >= 11 is 0. The average molecular weight is 270 g/mol. The lowest BCUT2D eigenvalue weighted by atomic mass is 10.1. The molecule has 0 saturated carbocycles. The topological polar surface area (TPSA) is 93.2 Å². The van der Waals surface area contributed by atoms with Gasteiger partial charge in [-0.15, -0.1) is 0 Å². The Bertz CT molecular complexity index is 673. The number of aromatic nitrogens is 2. The number of anilines is 2. The van der Waals surface area contributed by atoms with Gasteiger partial charge in [0.1, 0.15) is 0 Å². The highest BCUT2D eigenvalue weighted by Gasteiger charge is 2.22. The molecule has 1 aromatic carbocycles. The van der Waals surface area contributed by atoms with Gasteiger partial charge in [0.25, 0.3) is 11.8 Å². The summed E-state index contributed by atoms with van der Waals surface area (Å²) in [6.07, 6.45) is 3.06. The third-order valence-corrected chi connectivity index (χ3v) is 2.67. The van der Waals surface area contributed by atoms with Crippen molar-refractivity contribution in [3.8, 4) is 5.75 Å². The van der Waals surface area contributed by atoms with Crippen molar-refractivity contribution in [1.29, 1.82) is 0 Å². The van der Waals surface area contributed by atoms with Gasteiger partial charge < -0.3 is 10.1 Å². The number of rotatable bonds is 2. The smallest absolute Gasteiger partial charge is 0.262 e. The number of ether oxygens (including phenoxy) is 1. The van der Waals surface area contributed by atoms with Gasteiger partial charge in [-0.2, -0.15) is 0 Å². The minimum Gasteiger partial charge on any atom is -0.481 e. The van der Waals surface area contributed by atoms with E-state index in [1.54, 1.807) is 24.3 Å². The van der Waals surface area contributed by atoms with Crippen molar-refractivity contribution >= 4 is 23.5 Å². The van der Waals surface area contributed by atoms with Gasteiger partial charge in [0.2, 0.25) is 5.95 Å². The molecule has 2 N–H and O–H groups in total. The highest BCUT2D eigenvalue weighted by molar-refractivity contribution is 6.08. The van der Waals surface area contributed by atoms with Crippen molar-refractivity contribution in [2.24, 2.45) is 0 Å². The summed E-state index contributed by atoms with van der Waals surface area (Å²) in [6.45, 7) is -0.112. The number of fused-ring (bicyclic) bond motifs is 1. The lowest BCUT2D eigenvalue weighted by molar-refractivity contribution is -0.118. The first-order valence-electron chi connectivity index (χ1n) is 5.88. The summed E-state index contributed by atoms with van der Waals surface area (Å²) in [6, 6.07) is 6.59. The van der Waals surface area contributed by atoms with E-state index in [4.69, 9.17) is 4.74 Å². The minimum absolute atomic E-state index is 0.112. The maximum Gasteiger partial charge on any atom is 0.262 e. The fourth-order valence-corrected chi connectivity index (χ4v) is 1.83. The van der Waals surface area contributed by atoms with E-state index in [1.165, 1.54) is 12.4 Å². The van der Waals surface area contributed by atoms with Crippen LogP contribution in [0.25, 0.3) is 0 Å². The van der Waals surface area contributed by atoms with E-state index in [1.807, 2.05) is 0 Å². The number of hydrogen-bond donors (Lipinski definition) is 2. The van der Waals surface area contributed by atoms with Gasteiger partial charge in [-0.05, 0) is 18.2 Å². The molecular weight excluding hydrogens is 260 g/mol. The molecule has 7 heteroatoms. The number of amides is 2. The van der Waals surface area contributed by atoms with Crippen molar-refractivity contribution in [2.75, 3.05) is 17.2 Å². The Balaban J connectivity index is 1.89. The molecule has 1 aromatic heterocycles. The second kappa shape index (κ2) is 4.96. The van der Waals surface area contributed by atoms with E-state index in [-0.39, 0.29) is 18.5 Å². The van der Waals surface area contributed by atoms with E-state index in [0.717, 1.165) is 0 Å². The Kier molecular flexibility index (Phi) is 3.00. The summed E-state index contributed by atoms with van der Waals surface area (Å²) in [5.41, 5.74) is 0.790. The second-order valence-corrected chi connectivity index (χ2v) is 4.05. The molecule has 0 saturated heterocycles. The van der Waals surface area contributed by atoms with Crippen LogP contribution in [0.15, 0.2) is 36.7 Å². The maximum absolute atomic E-state index is 12.2. The minimum atomic E-state index is -0.399. The van der Waals surface area contributed by atoms with Gasteiger partial charge in [-0.1, -0.05) is 6.07 Å². The van der Waals surface area contributed by atoms with E-state index >= 15 is 0 Å². The standard InChI is InChI=1S/C13H10N4O3/c18-10-7-20-11-8(3-1-4-9(11)16-10)12(19)17-13-14-5-2-6-15-13/h1-6H,7H2,(H,16,18)(H,14,15,17,19). The summed E-state index contributed by atoms with van der Waals surface area (Å²) < 4.78 is 5.31. The second-order valence-electron chi connectivity index (χ2n) is 4.05. The number of hydrogen-bond acceptors (Lipinski definition) is 5. The molecule has 2 heterocycles. The van der Waals surface area contributed by atoms with Crippen LogP contribution < -0.4 is 15.4 Å². The van der Waals surface area contributed by atoms with Crippen LogP contribution in [0.2, 0.25) is 0 Å². The molecule has 7 nitrogen and oxygen atoms in total. The Labute approximate surface area is 114 Å². The fourth-order valence-electron chi connectivity index (χ4n) is 1.83. The SMILES string of the molecule is O=C1COc2c(cccc2C(=O)Nc2ncccn2)N1. The van der Waals surface area contributed by atoms with Crippen LogP contribution in [-0.4, -0.2) is 28.4 Å². The molecule has 0 unspecified atom stereocenters. The first-order valence-corrected chi connectivity index (χ1v) is 5.88. The number of benzene rings is 1. The zero-order chi connectivity index (χ0) is 13.9. The van der Waals surface area contributed by atoms with Gasteiger partial charge in [0, 0.05) is 12.4 Å². The molecular formula is C13H10N4O3. The van der Waals surface area contributed by atoms with E-state index in [0.29, 0.717) is 17.0 Å². The molecule has 1 aliphatic rings. The van der Waals surface area contributed by atoms with E-state index in [2.05, 4.69) is 20.6 Å². The predicted molar refractivity (Wildman–Crippen MR) is 70.6 cm³/mol. The molecule has 2 amide bonds. The molecule has 2 aromatic rings. The Morgan fingerprint density at radius 1 is 1.25 bits per heavy atom. The third-order valence-electron chi connectivity index (χ3n) is 2.67. The first kappa shape index (κ1) is 12.1. The number of carbonyl (C=O) groups excluding carboxylic acids is 2. The van der Waals surface area contributed by atoms with Gasteiger partial charge in [-0.25, -0.2) is 9.97 Å². The zero-order valence-electron chi connectivity index (χ0n) is 10.3. The van der Waals surface area contributed by atoms with Gasteiger partial charge in [0.15, 0.2) is 12.4 Å². The molecule has 1 aliphatic heterocycles. The van der Waals surface area contributed by atoms with Crippen molar-refractivity contribution < 1.29 is 14.3 Å². The normalized spacial score (nSPS) is 12.9. The number of para-hydroxylation sites is 1. The molecule has 0 fully saturated rings. The molecule has 20 heavy (non-hydrogen) atoms. The fraction of sp³-hybridized carbons (Fsp3) is 0.0769. The molecule has 0 aliphatic carbocycles. The Hall–Kier alpha value is -2.96. The lowest BCUT2D eigenvalue weighted by Gasteiger charge is -2.20. The summed E-state index contributed by atoms with van der Waals surface area (Å²) in [7, 11) is 0. The highest BCUT2D eigenvalue weighted by atomic mass is 16.5. The molecule has 0 spiro atoms. The number of nitrogens with one attached hydrogen (secondary N) is 2. The Morgan fingerprint density at radius 2 is 2.05 bits per heavy atom. The van der Waals surface area contributed by atoms with Crippen LogP contribution in [0.5, 0.6) is 5.75 Å². The average Bonchev–Trinajstić information content (AvgIpc) is 2.47. The summed E-state index contributed by atoms with van der Waals surface area (Å²) in [4.78, 5) is 31.3. The van der Waals surface area contributed by atoms with Gasteiger partial charge in [0.05, 0.1) is 11.3 Å². The van der Waals surface area contributed by atoms with Crippen molar-refractivity contribution in [3.05, 3.63) is 42.2 Å². The maximum atomic E-state index is 12.2. The summed E-state index contributed by atoms with van der Waals surface area (Å²) in [5, 5.41) is 5.21. The van der Waals surface area contributed by atoms with Crippen LogP contribution in [0.1, 0.15) is 10.4 Å². The molecule has 0 bridgehead atoms. The van der Waals surface area contributed by atoms with Crippen molar-refractivity contribution in [1.82, 2.24) is 9.97 Å². The van der Waals surface area contributed by atoms with Crippen LogP contribution in [0.3, 0.4) is 0 Å². The predicted octanol–water partition coefficient (Wildman–Crippen LogP) is 1.06. The van der Waals surface area contributed by atoms with Gasteiger partial charge >= 0.3 is 0 Å². The van der Waals surface area contributed by atoms with Gasteiger partial charge in [-0.3, -0.25) is 14.9 Å². The highest BCUT2D eigenvalue weighted by Crippen LogP contribution is 2.31. The van der Waals surface area contributed by atoms with E-state index in [9.17, 15) is 9.59 Å². The number of carbonyl (C=O) groups is 2. The van der Waals surface area contributed by atoms with Crippen molar-refractivity contribution in [3.63, 3.8) is 0 Å². The monoisotopic (exact) mass is 270 g/mol. The lowest BCUT2D eigenvalue weighted by Crippen LogP contribution is -2.27. The van der Waals surface area contributed by atoms with Crippen LogP contribution in [0, 0.1) is 0 Å². The zero-order valence-corrected chi connectivity index (χ0v) is 10.3. The van der Waals surface area contributed by atoms with Crippen LogP contribution in [0.4, 0.5) is 11.6 Å². The van der Waals surface area contributed by atoms with E-state index < -0.39 is 5.91 Å². The summed E-state index contributed by atoms with van der Waals surface area (Å²) in [5.74, 6) is -0.0962. The number of nitrogens with zero attached hydrogens (tertiary/aromatic N) is 2. The van der Waals surface area contributed by atoms with Crippen LogP contribution >= 0.6 is 0 Å².